The molecule has 1 aromatic rings. The number of rotatable bonds is 5. The predicted octanol–water partition coefficient (Wildman–Crippen LogP) is 4.88. The third kappa shape index (κ3) is 3.08. The van der Waals surface area contributed by atoms with Crippen molar-refractivity contribution < 1.29 is 42.8 Å². The van der Waals surface area contributed by atoms with Gasteiger partial charge in [-0.15, -0.1) is 0 Å². The van der Waals surface area contributed by atoms with Gasteiger partial charge in [0.2, 0.25) is 0 Å². The van der Waals surface area contributed by atoms with Crippen LogP contribution in [0.3, 0.4) is 0 Å². The van der Waals surface area contributed by atoms with E-state index in [1.807, 2.05) is 6.92 Å². The minimum Gasteiger partial charge on any atom is -0.460 e. The second kappa shape index (κ2) is 8.45. The number of alkyl halides is 3. The minimum atomic E-state index is -5.08. The predicted molar refractivity (Wildman–Crippen MR) is 139 cm³/mol. The van der Waals surface area contributed by atoms with E-state index in [-0.39, 0.29) is 35.2 Å². The summed E-state index contributed by atoms with van der Waals surface area (Å²) in [6.07, 6.45) is -2.04. The van der Waals surface area contributed by atoms with Crippen molar-refractivity contribution in [2.24, 2.45) is 34.0 Å². The molecule has 5 aliphatic rings. The zero-order valence-electron chi connectivity index (χ0n) is 23.6. The highest BCUT2D eigenvalue weighted by molar-refractivity contribution is 5.82. The van der Waals surface area contributed by atoms with Crippen molar-refractivity contribution in [1.82, 2.24) is 0 Å². The van der Waals surface area contributed by atoms with Gasteiger partial charge in [-0.1, -0.05) is 44.2 Å². The van der Waals surface area contributed by atoms with Crippen LogP contribution in [0.25, 0.3) is 0 Å². The van der Waals surface area contributed by atoms with Crippen molar-refractivity contribution in [3.05, 3.63) is 35.9 Å². The monoisotopic (exact) mass is 566 g/mol. The first-order valence-electron chi connectivity index (χ1n) is 14.6. The molecule has 9 heteroatoms. The molecule has 40 heavy (non-hydrogen) atoms. The zero-order chi connectivity index (χ0) is 29.1. The van der Waals surface area contributed by atoms with Crippen molar-refractivity contribution in [2.75, 3.05) is 7.11 Å². The van der Waals surface area contributed by atoms with E-state index in [9.17, 15) is 33.3 Å². The van der Waals surface area contributed by atoms with Gasteiger partial charge in [0.15, 0.2) is 0 Å². The molecule has 3 N–H and O–H groups in total. The Morgan fingerprint density at radius 1 is 1.00 bits per heavy atom. The van der Waals surface area contributed by atoms with Crippen LogP contribution < -0.4 is 0 Å². The molecule has 5 fully saturated rings. The van der Waals surface area contributed by atoms with Crippen molar-refractivity contribution in [3.63, 3.8) is 0 Å². The summed E-state index contributed by atoms with van der Waals surface area (Å²) in [7, 11) is 0.841. The highest BCUT2D eigenvalue weighted by Crippen LogP contribution is 2.82. The number of halogens is 3. The fourth-order valence-corrected chi connectivity index (χ4v) is 10.9. The number of carbonyl (C=O) groups is 1. The molecule has 0 aromatic heterocycles. The molecule has 0 saturated heterocycles. The van der Waals surface area contributed by atoms with E-state index in [0.29, 0.717) is 25.2 Å². The molecular formula is C31H41F3O6. The number of methoxy groups -OCH3 is 1. The molecule has 5 saturated carbocycles. The lowest BCUT2D eigenvalue weighted by Crippen LogP contribution is -2.75. The van der Waals surface area contributed by atoms with Crippen molar-refractivity contribution in [2.45, 2.75) is 107 Å². The highest BCUT2D eigenvalue weighted by Gasteiger charge is 2.83. The van der Waals surface area contributed by atoms with Crippen LogP contribution in [0.5, 0.6) is 0 Å². The third-order valence-corrected chi connectivity index (χ3v) is 13.0. The van der Waals surface area contributed by atoms with Crippen LogP contribution in [-0.4, -0.2) is 58.0 Å². The van der Waals surface area contributed by atoms with E-state index < -0.39 is 52.5 Å². The number of carbonyl (C=O) groups excluding carboxylic acids is 1. The molecular weight excluding hydrogens is 525 g/mol. The van der Waals surface area contributed by atoms with Crippen LogP contribution in [-0.2, 0) is 19.9 Å². The normalized spacial score (nSPS) is 47.8. The molecule has 1 aromatic carbocycles. The Labute approximate surface area is 233 Å². The van der Waals surface area contributed by atoms with Gasteiger partial charge in [-0.2, -0.15) is 13.2 Å². The quantitative estimate of drug-likeness (QED) is 0.440. The van der Waals surface area contributed by atoms with Gasteiger partial charge in [-0.05, 0) is 69.1 Å². The maximum absolute atomic E-state index is 14.5. The lowest BCUT2D eigenvalue weighted by atomic mass is 9.42. The number of aliphatic hydroxyl groups excluding tert-OH is 1. The molecule has 0 aliphatic heterocycles. The molecule has 0 radical (unpaired) electrons. The van der Waals surface area contributed by atoms with E-state index in [2.05, 4.69) is 6.92 Å². The third-order valence-electron chi connectivity index (χ3n) is 13.0. The summed E-state index contributed by atoms with van der Waals surface area (Å²) in [4.78, 5) is 13.4. The Kier molecular flexibility index (Phi) is 6.01. The van der Waals surface area contributed by atoms with Crippen LogP contribution in [0.4, 0.5) is 13.2 Å². The van der Waals surface area contributed by atoms with E-state index >= 15 is 0 Å². The first-order chi connectivity index (χ1) is 18.6. The summed E-state index contributed by atoms with van der Waals surface area (Å²) < 4.78 is 53.9. The SMILES string of the molecule is CO[C@@](C(=O)O[C@H](C)[C@H]1CC[C@@]2(O)[C@]1(C)CC[C@@H]1[C@@]3(C)CC[C@@H]4C[C@@]43[C@H](O)C[C@]12O)(c1ccccc1)C(F)(F)F. The molecule has 6 nitrogen and oxygen atoms in total. The summed E-state index contributed by atoms with van der Waals surface area (Å²) >= 11 is 0. The Morgan fingerprint density at radius 3 is 2.25 bits per heavy atom. The number of aliphatic hydroxyl groups is 3. The fraction of sp³-hybridized carbons (Fsp3) is 0.774. The van der Waals surface area contributed by atoms with Crippen molar-refractivity contribution >= 4 is 5.97 Å². The summed E-state index contributed by atoms with van der Waals surface area (Å²) in [5, 5.41) is 36.3. The molecule has 222 valence electrons. The first-order valence-corrected chi connectivity index (χ1v) is 14.6. The largest absolute Gasteiger partial charge is 0.460 e. The van der Waals surface area contributed by atoms with Crippen LogP contribution in [0.15, 0.2) is 30.3 Å². The lowest BCUT2D eigenvalue weighted by molar-refractivity contribution is -0.312. The smallest absolute Gasteiger partial charge is 0.432 e. The van der Waals surface area contributed by atoms with E-state index in [4.69, 9.17) is 9.47 Å². The molecule has 6 rings (SSSR count). The molecule has 11 atom stereocenters. The van der Waals surface area contributed by atoms with Gasteiger partial charge in [-0.25, -0.2) is 4.79 Å². The average Bonchev–Trinajstić information content (AvgIpc) is 3.46. The number of benzene rings is 1. The van der Waals surface area contributed by atoms with Gasteiger partial charge < -0.3 is 24.8 Å². The standard InChI is InChI=1S/C31H41F3O6/c1-18(40-24(36)30(39-4,31(32,33)34)19-8-6-5-7-9-19)21-11-15-29(38)25(21,2)14-12-22-26(3)13-10-20-16-27(20,26)23(35)17-28(22,29)37/h5-9,18,20-23,35,37-38H,10-17H2,1-4H3/t18-,20-,21-,22-,23-,25-,26-,27+,28+,29-,30-/m1/s1. The van der Waals surface area contributed by atoms with E-state index in [1.54, 1.807) is 13.0 Å². The molecule has 5 aliphatic carbocycles. The molecule has 0 bridgehead atoms. The summed E-state index contributed by atoms with van der Waals surface area (Å²) in [6, 6.07) is 6.73. The van der Waals surface area contributed by atoms with E-state index in [0.717, 1.165) is 26.4 Å². The second-order valence-electron chi connectivity index (χ2n) is 13.9. The maximum atomic E-state index is 14.5. The molecule has 1 spiro atoms. The van der Waals surface area contributed by atoms with E-state index in [1.165, 1.54) is 24.3 Å². The number of fused-ring (bicyclic) bond motifs is 4. The highest BCUT2D eigenvalue weighted by atomic mass is 19.4. The number of ether oxygens (including phenoxy) is 2. The second-order valence-corrected chi connectivity index (χ2v) is 13.9. The first kappa shape index (κ1) is 28.4. The van der Waals surface area contributed by atoms with Gasteiger partial charge in [0.1, 0.15) is 6.10 Å². The van der Waals surface area contributed by atoms with Crippen LogP contribution in [0.2, 0.25) is 0 Å². The number of hydrogen-bond donors (Lipinski definition) is 3. The fourth-order valence-electron chi connectivity index (χ4n) is 10.9. The van der Waals surface area contributed by atoms with Crippen molar-refractivity contribution in [3.8, 4) is 0 Å². The van der Waals surface area contributed by atoms with Gasteiger partial charge in [0, 0.05) is 35.8 Å². The number of esters is 1. The maximum Gasteiger partial charge on any atom is 0.432 e. The van der Waals surface area contributed by atoms with Crippen LogP contribution in [0.1, 0.15) is 77.7 Å². The van der Waals surface area contributed by atoms with Gasteiger partial charge in [0.05, 0.1) is 17.3 Å². The van der Waals surface area contributed by atoms with Gasteiger partial charge in [-0.3, -0.25) is 0 Å². The average molecular weight is 567 g/mol. The van der Waals surface area contributed by atoms with Crippen LogP contribution >= 0.6 is 0 Å². The Balaban J connectivity index is 1.30. The Morgan fingerprint density at radius 2 is 1.65 bits per heavy atom. The Hall–Kier alpha value is -1.68. The van der Waals surface area contributed by atoms with Crippen molar-refractivity contribution in [1.29, 1.82) is 0 Å². The van der Waals surface area contributed by atoms with Gasteiger partial charge >= 0.3 is 12.1 Å². The topological polar surface area (TPSA) is 96.2 Å². The lowest BCUT2D eigenvalue weighted by Gasteiger charge is -2.67. The summed E-state index contributed by atoms with van der Waals surface area (Å²) in [5.74, 6) is -1.77. The van der Waals surface area contributed by atoms with Gasteiger partial charge in [0.25, 0.3) is 5.60 Å². The summed E-state index contributed by atoms with van der Waals surface area (Å²) in [6.45, 7) is 5.60. The minimum absolute atomic E-state index is 0.0889. The molecule has 0 amide bonds. The molecule has 0 unspecified atom stereocenters. The molecule has 0 heterocycles. The zero-order valence-corrected chi connectivity index (χ0v) is 23.6. The Bertz CT molecular complexity index is 1190. The summed E-state index contributed by atoms with van der Waals surface area (Å²) in [5.41, 5.74) is -8.18. The number of hydrogen-bond acceptors (Lipinski definition) is 6. The van der Waals surface area contributed by atoms with Crippen LogP contribution in [0, 0.1) is 34.0 Å².